The summed E-state index contributed by atoms with van der Waals surface area (Å²) in [5.74, 6) is 8.05. The zero-order chi connectivity index (χ0) is 15.9. The lowest BCUT2D eigenvalue weighted by Gasteiger charge is -2.24. The molecule has 6 aliphatic carbocycles. The van der Waals surface area contributed by atoms with Gasteiger partial charge in [-0.3, -0.25) is 0 Å². The standard InChI is InChI=1S/C12H18.C12H16/c2*1-2-4-10(3-1)12-8-9-5-6-11(12)7-9/h5-6,9-12H,1-4,7-8H2;1,3,5-6,9-12H,2,4,7-8H2. The maximum absolute atomic E-state index is 2.51. The van der Waals surface area contributed by atoms with E-state index in [9.17, 15) is 0 Å². The number of fused-ring (bicyclic) bond motifs is 4. The molecule has 0 heterocycles. The van der Waals surface area contributed by atoms with Crippen LogP contribution in [0.3, 0.4) is 0 Å². The Morgan fingerprint density at radius 3 is 1.71 bits per heavy atom. The smallest absolute Gasteiger partial charge is 0.0194 e. The van der Waals surface area contributed by atoms with Gasteiger partial charge in [-0.25, -0.2) is 0 Å². The SMILES string of the molecule is C1=CC(C2CC3C=CC2C3)CC1.C1=CC2CC1CC2C1CCCC1. The quantitative estimate of drug-likeness (QED) is 0.505. The minimum atomic E-state index is 0.935. The predicted molar refractivity (Wildman–Crippen MR) is 102 cm³/mol. The van der Waals surface area contributed by atoms with E-state index in [0.29, 0.717) is 0 Å². The molecule has 130 valence electrons. The van der Waals surface area contributed by atoms with E-state index in [0.717, 1.165) is 47.3 Å². The Morgan fingerprint density at radius 2 is 1.21 bits per heavy atom. The maximum atomic E-state index is 2.51. The Hall–Kier alpha value is -0.780. The van der Waals surface area contributed by atoms with Gasteiger partial charge in [-0.15, -0.1) is 0 Å². The van der Waals surface area contributed by atoms with Crippen LogP contribution in [0.1, 0.15) is 64.2 Å². The van der Waals surface area contributed by atoms with Crippen LogP contribution in [0.5, 0.6) is 0 Å². The fraction of sp³-hybridized carbons (Fsp3) is 0.750. The van der Waals surface area contributed by atoms with Crippen LogP contribution in [0.4, 0.5) is 0 Å². The highest BCUT2D eigenvalue weighted by Gasteiger charge is 2.40. The zero-order valence-electron chi connectivity index (χ0n) is 15.2. The van der Waals surface area contributed by atoms with Gasteiger partial charge in [0.1, 0.15) is 0 Å². The second kappa shape index (κ2) is 6.50. The molecule has 0 nitrogen and oxygen atoms in total. The molecule has 24 heavy (non-hydrogen) atoms. The summed E-state index contributed by atoms with van der Waals surface area (Å²) >= 11 is 0. The van der Waals surface area contributed by atoms with E-state index >= 15 is 0 Å². The van der Waals surface area contributed by atoms with Crippen molar-refractivity contribution >= 4 is 0 Å². The van der Waals surface area contributed by atoms with Crippen molar-refractivity contribution < 1.29 is 0 Å². The molecule has 0 spiro atoms. The van der Waals surface area contributed by atoms with E-state index in [2.05, 4.69) is 36.5 Å². The van der Waals surface area contributed by atoms with Crippen molar-refractivity contribution in [1.82, 2.24) is 0 Å². The van der Waals surface area contributed by atoms with Gasteiger partial charge in [-0.1, -0.05) is 62.1 Å². The van der Waals surface area contributed by atoms with E-state index in [-0.39, 0.29) is 0 Å². The van der Waals surface area contributed by atoms with Crippen LogP contribution in [-0.4, -0.2) is 0 Å². The Labute approximate surface area is 148 Å². The monoisotopic (exact) mass is 322 g/mol. The van der Waals surface area contributed by atoms with Crippen molar-refractivity contribution in [1.29, 1.82) is 0 Å². The Morgan fingerprint density at radius 1 is 0.542 bits per heavy atom. The third kappa shape index (κ3) is 2.85. The van der Waals surface area contributed by atoms with Gasteiger partial charge < -0.3 is 0 Å². The predicted octanol–water partition coefficient (Wildman–Crippen LogP) is 6.55. The minimum absolute atomic E-state index is 0.935. The highest BCUT2D eigenvalue weighted by atomic mass is 14.5. The van der Waals surface area contributed by atoms with Gasteiger partial charge in [0, 0.05) is 0 Å². The lowest BCUT2D eigenvalue weighted by Crippen LogP contribution is -2.16. The fourth-order valence-electron chi connectivity index (χ4n) is 7.08. The maximum Gasteiger partial charge on any atom is -0.0194 e. The molecule has 0 saturated heterocycles. The van der Waals surface area contributed by atoms with Gasteiger partial charge in [-0.05, 0) is 85.9 Å². The molecule has 0 aromatic heterocycles. The van der Waals surface area contributed by atoms with Crippen LogP contribution < -0.4 is 0 Å². The van der Waals surface area contributed by atoms with Gasteiger partial charge in [0.25, 0.3) is 0 Å². The van der Waals surface area contributed by atoms with E-state index < -0.39 is 0 Å². The molecule has 0 amide bonds. The van der Waals surface area contributed by atoms with Gasteiger partial charge in [-0.2, -0.15) is 0 Å². The first-order valence-electron chi connectivity index (χ1n) is 10.9. The summed E-state index contributed by atoms with van der Waals surface area (Å²) in [6.07, 6.45) is 29.6. The Bertz CT molecular complexity index is 532. The van der Waals surface area contributed by atoms with E-state index in [1.165, 1.54) is 51.4 Å². The topological polar surface area (TPSA) is 0 Å². The summed E-state index contributed by atoms with van der Waals surface area (Å²) in [5.41, 5.74) is 0. The van der Waals surface area contributed by atoms with Crippen molar-refractivity contribution in [2.24, 2.45) is 47.3 Å². The molecule has 0 N–H and O–H groups in total. The summed E-state index contributed by atoms with van der Waals surface area (Å²) in [7, 11) is 0. The van der Waals surface area contributed by atoms with E-state index in [1.807, 2.05) is 0 Å². The molecule has 6 rings (SSSR count). The van der Waals surface area contributed by atoms with Crippen LogP contribution in [0.2, 0.25) is 0 Å². The van der Waals surface area contributed by atoms with Crippen molar-refractivity contribution in [3.05, 3.63) is 36.5 Å². The van der Waals surface area contributed by atoms with Crippen molar-refractivity contribution in [3.8, 4) is 0 Å². The first-order valence-corrected chi connectivity index (χ1v) is 10.9. The first kappa shape index (κ1) is 15.5. The third-order valence-corrected chi connectivity index (χ3v) is 8.27. The summed E-state index contributed by atoms with van der Waals surface area (Å²) in [6.45, 7) is 0. The molecule has 7 atom stereocenters. The summed E-state index contributed by atoms with van der Waals surface area (Å²) in [4.78, 5) is 0. The highest BCUT2D eigenvalue weighted by Crippen LogP contribution is 2.50. The molecule has 6 aliphatic rings. The molecule has 0 aromatic rings. The lowest BCUT2D eigenvalue weighted by molar-refractivity contribution is 0.293. The molecule has 7 unspecified atom stereocenters. The average Bonchev–Trinajstić information content (AvgIpc) is 3.46. The summed E-state index contributed by atoms with van der Waals surface area (Å²) in [5, 5.41) is 0. The van der Waals surface area contributed by atoms with Crippen molar-refractivity contribution in [3.63, 3.8) is 0 Å². The molecule has 0 aromatic carbocycles. The number of allylic oxidation sites excluding steroid dienone is 6. The largest absolute Gasteiger partial charge is 0.0882 e. The molecule has 3 fully saturated rings. The molecule has 0 radical (unpaired) electrons. The second-order valence-corrected chi connectivity index (χ2v) is 9.60. The summed E-state index contributed by atoms with van der Waals surface area (Å²) in [6, 6.07) is 0. The Balaban J connectivity index is 0.000000109. The Kier molecular flexibility index (Phi) is 4.19. The average molecular weight is 323 g/mol. The van der Waals surface area contributed by atoms with Gasteiger partial charge in [0.15, 0.2) is 0 Å². The van der Waals surface area contributed by atoms with E-state index in [1.54, 1.807) is 12.8 Å². The van der Waals surface area contributed by atoms with Crippen molar-refractivity contribution in [2.75, 3.05) is 0 Å². The van der Waals surface area contributed by atoms with Crippen molar-refractivity contribution in [2.45, 2.75) is 64.2 Å². The van der Waals surface area contributed by atoms with Crippen LogP contribution in [0.15, 0.2) is 36.5 Å². The molecular formula is C24H34. The van der Waals surface area contributed by atoms with Crippen LogP contribution in [0, 0.1) is 47.3 Å². The number of rotatable bonds is 2. The highest BCUT2D eigenvalue weighted by molar-refractivity contribution is 5.14. The fourth-order valence-corrected chi connectivity index (χ4v) is 7.08. The minimum Gasteiger partial charge on any atom is -0.0882 e. The van der Waals surface area contributed by atoms with Crippen LogP contribution in [-0.2, 0) is 0 Å². The van der Waals surface area contributed by atoms with Gasteiger partial charge in [0.2, 0.25) is 0 Å². The molecule has 4 bridgehead atoms. The van der Waals surface area contributed by atoms with Gasteiger partial charge >= 0.3 is 0 Å². The second-order valence-electron chi connectivity index (χ2n) is 9.60. The number of hydrogen-bond acceptors (Lipinski definition) is 0. The molecule has 0 heteroatoms. The normalized spacial score (nSPS) is 47.8. The molecular weight excluding hydrogens is 288 g/mol. The number of hydrogen-bond donors (Lipinski definition) is 0. The van der Waals surface area contributed by atoms with Gasteiger partial charge in [0.05, 0.1) is 0 Å². The first-order chi connectivity index (χ1) is 11.9. The molecule has 0 aliphatic heterocycles. The molecule has 3 saturated carbocycles. The van der Waals surface area contributed by atoms with Crippen LogP contribution in [0.25, 0.3) is 0 Å². The summed E-state index contributed by atoms with van der Waals surface area (Å²) < 4.78 is 0. The van der Waals surface area contributed by atoms with Crippen LogP contribution >= 0.6 is 0 Å². The lowest BCUT2D eigenvalue weighted by atomic mass is 9.81. The van der Waals surface area contributed by atoms with E-state index in [4.69, 9.17) is 0 Å². The zero-order valence-corrected chi connectivity index (χ0v) is 15.2. The third-order valence-electron chi connectivity index (χ3n) is 8.27.